The van der Waals surface area contributed by atoms with Gasteiger partial charge < -0.3 is 10.2 Å². The summed E-state index contributed by atoms with van der Waals surface area (Å²) >= 11 is 0. The maximum absolute atomic E-state index is 14.7. The minimum Gasteiger partial charge on any atom is -0.355 e. The molecule has 2 amide bonds. The summed E-state index contributed by atoms with van der Waals surface area (Å²) in [6.07, 6.45) is 9.20. The Labute approximate surface area is 176 Å². The van der Waals surface area contributed by atoms with E-state index in [9.17, 15) is 14.0 Å². The number of hydrogen-bond acceptors (Lipinski definition) is 3. The van der Waals surface area contributed by atoms with Crippen LogP contribution >= 0.6 is 0 Å². The number of aromatic nitrogens is 2. The molecule has 7 heteroatoms. The molecule has 1 aliphatic carbocycles. The molecule has 1 aromatic carbocycles. The van der Waals surface area contributed by atoms with Crippen molar-refractivity contribution in [1.29, 1.82) is 0 Å². The van der Waals surface area contributed by atoms with Gasteiger partial charge in [0.15, 0.2) is 0 Å². The SMILES string of the molecule is CNC(=O)c1cnn([C@H]2CCCN(C(=O)C3(c4ccccc4F)CCCC3)CC2)c1. The van der Waals surface area contributed by atoms with E-state index in [2.05, 4.69) is 10.4 Å². The molecule has 0 unspecified atom stereocenters. The number of nitrogens with zero attached hydrogens (tertiary/aromatic N) is 3. The molecule has 160 valence electrons. The number of halogens is 1. The Balaban J connectivity index is 1.51. The second-order valence-electron chi connectivity index (χ2n) is 8.43. The summed E-state index contributed by atoms with van der Waals surface area (Å²) in [4.78, 5) is 27.4. The zero-order valence-corrected chi connectivity index (χ0v) is 17.4. The molecule has 1 N–H and O–H groups in total. The van der Waals surface area contributed by atoms with Crippen molar-refractivity contribution in [3.05, 3.63) is 53.6 Å². The summed E-state index contributed by atoms with van der Waals surface area (Å²) in [6, 6.07) is 6.90. The number of carbonyl (C=O) groups excluding carboxylic acids is 2. The van der Waals surface area contributed by atoms with Crippen LogP contribution in [0.2, 0.25) is 0 Å². The fourth-order valence-corrected chi connectivity index (χ4v) is 5.07. The van der Waals surface area contributed by atoms with Crippen LogP contribution in [0.15, 0.2) is 36.7 Å². The fourth-order valence-electron chi connectivity index (χ4n) is 5.07. The van der Waals surface area contributed by atoms with Gasteiger partial charge in [-0.2, -0.15) is 5.10 Å². The van der Waals surface area contributed by atoms with Gasteiger partial charge in [-0.15, -0.1) is 0 Å². The monoisotopic (exact) mass is 412 g/mol. The Morgan fingerprint density at radius 3 is 2.63 bits per heavy atom. The molecule has 1 saturated carbocycles. The maximum atomic E-state index is 14.7. The number of carbonyl (C=O) groups is 2. The highest BCUT2D eigenvalue weighted by Gasteiger charge is 2.46. The van der Waals surface area contributed by atoms with Gasteiger partial charge in [-0.25, -0.2) is 4.39 Å². The number of hydrogen-bond donors (Lipinski definition) is 1. The van der Waals surface area contributed by atoms with Crippen molar-refractivity contribution in [2.45, 2.75) is 56.4 Å². The second-order valence-corrected chi connectivity index (χ2v) is 8.43. The van der Waals surface area contributed by atoms with Crippen molar-refractivity contribution in [1.82, 2.24) is 20.0 Å². The van der Waals surface area contributed by atoms with Crippen LogP contribution in [0.1, 0.15) is 66.9 Å². The first-order valence-electron chi connectivity index (χ1n) is 10.9. The van der Waals surface area contributed by atoms with Crippen LogP contribution in [0, 0.1) is 5.82 Å². The smallest absolute Gasteiger partial charge is 0.254 e. The quantitative estimate of drug-likeness (QED) is 0.836. The molecule has 4 rings (SSSR count). The predicted octanol–water partition coefficient (Wildman–Crippen LogP) is 3.45. The lowest BCUT2D eigenvalue weighted by Gasteiger charge is -2.34. The van der Waals surface area contributed by atoms with Crippen LogP contribution in [0.25, 0.3) is 0 Å². The Morgan fingerprint density at radius 2 is 1.90 bits per heavy atom. The highest BCUT2D eigenvalue weighted by atomic mass is 19.1. The van der Waals surface area contributed by atoms with Gasteiger partial charge in [-0.3, -0.25) is 14.3 Å². The molecule has 0 bridgehead atoms. The average Bonchev–Trinajstić information content (AvgIpc) is 3.39. The largest absolute Gasteiger partial charge is 0.355 e. The van der Waals surface area contributed by atoms with E-state index in [4.69, 9.17) is 0 Å². The van der Waals surface area contributed by atoms with E-state index >= 15 is 0 Å². The fraction of sp³-hybridized carbons (Fsp3) is 0.522. The number of amides is 2. The molecule has 1 saturated heterocycles. The van der Waals surface area contributed by atoms with Gasteiger partial charge in [0.2, 0.25) is 5.91 Å². The third kappa shape index (κ3) is 3.73. The molecule has 2 fully saturated rings. The van der Waals surface area contributed by atoms with Gasteiger partial charge in [-0.05, 0) is 38.2 Å². The summed E-state index contributed by atoms with van der Waals surface area (Å²) in [5, 5.41) is 6.99. The van der Waals surface area contributed by atoms with E-state index in [1.54, 1.807) is 31.6 Å². The van der Waals surface area contributed by atoms with Crippen LogP contribution in [-0.2, 0) is 10.2 Å². The zero-order valence-electron chi connectivity index (χ0n) is 17.4. The highest BCUT2D eigenvalue weighted by Crippen LogP contribution is 2.44. The van der Waals surface area contributed by atoms with Gasteiger partial charge in [0.25, 0.3) is 5.91 Å². The zero-order chi connectivity index (χ0) is 21.1. The van der Waals surface area contributed by atoms with E-state index in [-0.39, 0.29) is 23.7 Å². The van der Waals surface area contributed by atoms with Crippen LogP contribution in [-0.4, -0.2) is 46.6 Å². The first-order chi connectivity index (χ1) is 14.5. The summed E-state index contributed by atoms with van der Waals surface area (Å²) < 4.78 is 16.5. The van der Waals surface area contributed by atoms with E-state index < -0.39 is 5.41 Å². The Bertz CT molecular complexity index is 919. The van der Waals surface area contributed by atoms with E-state index in [0.717, 1.165) is 32.1 Å². The van der Waals surface area contributed by atoms with E-state index in [0.29, 0.717) is 37.1 Å². The number of benzene rings is 1. The molecule has 1 aromatic heterocycles. The van der Waals surface area contributed by atoms with Gasteiger partial charge >= 0.3 is 0 Å². The van der Waals surface area contributed by atoms with Crippen LogP contribution in [0.4, 0.5) is 4.39 Å². The number of likely N-dealkylation sites (tertiary alicyclic amines) is 1. The third-order valence-electron chi connectivity index (χ3n) is 6.71. The minimum absolute atomic E-state index is 0.0669. The lowest BCUT2D eigenvalue weighted by atomic mass is 9.77. The highest BCUT2D eigenvalue weighted by molar-refractivity contribution is 5.93. The topological polar surface area (TPSA) is 67.2 Å². The van der Waals surface area contributed by atoms with Crippen LogP contribution in [0.3, 0.4) is 0 Å². The lowest BCUT2D eigenvalue weighted by molar-refractivity contribution is -0.137. The molecular weight excluding hydrogens is 383 g/mol. The number of nitrogens with one attached hydrogen (secondary N) is 1. The Hall–Kier alpha value is -2.70. The average molecular weight is 413 g/mol. The molecule has 1 aliphatic heterocycles. The Kier molecular flexibility index (Phi) is 5.88. The first kappa shape index (κ1) is 20.6. The summed E-state index contributed by atoms with van der Waals surface area (Å²) in [6.45, 7) is 1.30. The maximum Gasteiger partial charge on any atom is 0.254 e. The van der Waals surface area contributed by atoms with Crippen molar-refractivity contribution < 1.29 is 14.0 Å². The molecule has 1 atom stereocenters. The summed E-state index contributed by atoms with van der Waals surface area (Å²) in [7, 11) is 1.60. The standard InChI is InChI=1S/C23H29FN4O2/c1-25-21(29)17-15-26-28(16-17)18-7-6-13-27(14-10-18)22(30)23(11-4-5-12-23)19-8-2-3-9-20(19)24/h2-3,8-9,15-16,18H,4-7,10-14H2,1H3,(H,25,29)/t18-/m0/s1. The molecular formula is C23H29FN4O2. The summed E-state index contributed by atoms with van der Waals surface area (Å²) in [5.41, 5.74) is 0.359. The molecule has 2 heterocycles. The van der Waals surface area contributed by atoms with Crippen LogP contribution < -0.4 is 5.32 Å². The van der Waals surface area contributed by atoms with E-state index in [1.807, 2.05) is 15.6 Å². The third-order valence-corrected chi connectivity index (χ3v) is 6.71. The van der Waals surface area contributed by atoms with Crippen molar-refractivity contribution in [3.63, 3.8) is 0 Å². The Morgan fingerprint density at radius 1 is 1.13 bits per heavy atom. The molecule has 6 nitrogen and oxygen atoms in total. The van der Waals surface area contributed by atoms with Gasteiger partial charge in [0, 0.05) is 31.9 Å². The van der Waals surface area contributed by atoms with Gasteiger partial charge in [0.05, 0.1) is 23.2 Å². The molecule has 2 aliphatic rings. The molecule has 0 radical (unpaired) electrons. The van der Waals surface area contributed by atoms with Crippen LogP contribution in [0.5, 0.6) is 0 Å². The minimum atomic E-state index is -0.733. The summed E-state index contributed by atoms with van der Waals surface area (Å²) in [5.74, 6) is -0.365. The molecule has 0 spiro atoms. The van der Waals surface area contributed by atoms with Gasteiger partial charge in [-0.1, -0.05) is 31.0 Å². The van der Waals surface area contributed by atoms with E-state index in [1.165, 1.54) is 6.07 Å². The molecule has 2 aromatic rings. The lowest BCUT2D eigenvalue weighted by Crippen LogP contribution is -2.46. The number of rotatable bonds is 4. The van der Waals surface area contributed by atoms with Crippen molar-refractivity contribution >= 4 is 11.8 Å². The van der Waals surface area contributed by atoms with Crippen molar-refractivity contribution in [2.75, 3.05) is 20.1 Å². The predicted molar refractivity (Wildman–Crippen MR) is 112 cm³/mol. The van der Waals surface area contributed by atoms with Crippen molar-refractivity contribution in [2.24, 2.45) is 0 Å². The molecule has 30 heavy (non-hydrogen) atoms. The second kappa shape index (κ2) is 8.58. The van der Waals surface area contributed by atoms with Crippen molar-refractivity contribution in [3.8, 4) is 0 Å². The first-order valence-corrected chi connectivity index (χ1v) is 10.9. The normalized spacial score (nSPS) is 21.3. The van der Waals surface area contributed by atoms with Gasteiger partial charge in [0.1, 0.15) is 5.82 Å².